The molecule has 0 saturated heterocycles. The number of rotatable bonds is 10. The van der Waals surface area contributed by atoms with Crippen molar-refractivity contribution in [2.45, 2.75) is 78.1 Å². The minimum absolute atomic E-state index is 0.154. The minimum atomic E-state index is -0.357. The molecular formula is C27H34N4O4S2. The van der Waals surface area contributed by atoms with Gasteiger partial charge in [-0.2, -0.15) is 0 Å². The number of ether oxygens (including phenoxy) is 2. The maximum Gasteiger partial charge on any atom is 0.341 e. The van der Waals surface area contributed by atoms with E-state index in [4.69, 9.17) is 9.47 Å². The summed E-state index contributed by atoms with van der Waals surface area (Å²) >= 11 is 2.83. The van der Waals surface area contributed by atoms with Crippen molar-refractivity contribution < 1.29 is 19.1 Å². The second kappa shape index (κ2) is 12.6. The Hall–Kier alpha value is -2.85. The molecule has 1 aromatic carbocycles. The van der Waals surface area contributed by atoms with Gasteiger partial charge in [0.1, 0.15) is 17.4 Å². The normalized spacial score (nSPS) is 13.1. The zero-order valence-electron chi connectivity index (χ0n) is 21.9. The third-order valence-electron chi connectivity index (χ3n) is 6.16. The van der Waals surface area contributed by atoms with E-state index < -0.39 is 0 Å². The molecular weight excluding hydrogens is 508 g/mol. The number of hydrogen-bond donors (Lipinski definition) is 1. The third-order valence-corrected chi connectivity index (χ3v) is 8.33. The number of nitrogens with zero attached hydrogens (tertiary/aromatic N) is 3. The molecule has 3 aromatic rings. The highest BCUT2D eigenvalue weighted by Crippen LogP contribution is 2.38. The monoisotopic (exact) mass is 542 g/mol. The van der Waals surface area contributed by atoms with Gasteiger partial charge in [0.25, 0.3) is 0 Å². The van der Waals surface area contributed by atoms with Crippen LogP contribution in [0.1, 0.15) is 70.9 Å². The van der Waals surface area contributed by atoms with E-state index in [9.17, 15) is 9.59 Å². The van der Waals surface area contributed by atoms with Gasteiger partial charge in [-0.05, 0) is 82.2 Å². The van der Waals surface area contributed by atoms with Gasteiger partial charge in [-0.3, -0.25) is 4.79 Å². The van der Waals surface area contributed by atoms with Gasteiger partial charge in [-0.25, -0.2) is 4.79 Å². The van der Waals surface area contributed by atoms with Crippen LogP contribution in [0.2, 0.25) is 0 Å². The summed E-state index contributed by atoms with van der Waals surface area (Å²) in [5.74, 6) is 1.11. The van der Waals surface area contributed by atoms with Crippen molar-refractivity contribution >= 4 is 40.0 Å². The number of aryl methyl sites for hydroxylation is 3. The van der Waals surface area contributed by atoms with E-state index in [1.54, 1.807) is 6.92 Å². The van der Waals surface area contributed by atoms with Crippen LogP contribution in [-0.2, 0) is 35.5 Å². The van der Waals surface area contributed by atoms with E-state index >= 15 is 0 Å². The average Bonchev–Trinajstić information content (AvgIpc) is 3.32. The van der Waals surface area contributed by atoms with Crippen molar-refractivity contribution in [1.82, 2.24) is 14.8 Å². The lowest BCUT2D eigenvalue weighted by Crippen LogP contribution is -2.17. The van der Waals surface area contributed by atoms with E-state index in [0.717, 1.165) is 54.5 Å². The van der Waals surface area contributed by atoms with Gasteiger partial charge in [0, 0.05) is 11.4 Å². The lowest BCUT2D eigenvalue weighted by Gasteiger charge is -2.10. The van der Waals surface area contributed by atoms with Gasteiger partial charge in [0.2, 0.25) is 5.91 Å². The number of hydrogen-bond acceptors (Lipinski definition) is 8. The molecule has 1 aliphatic carbocycles. The fourth-order valence-corrected chi connectivity index (χ4v) is 6.67. The number of thiophene rings is 1. The first-order valence-electron chi connectivity index (χ1n) is 12.8. The lowest BCUT2D eigenvalue weighted by molar-refractivity contribution is -0.113. The Bertz CT molecular complexity index is 1250. The zero-order valence-corrected chi connectivity index (χ0v) is 23.5. The van der Waals surface area contributed by atoms with E-state index in [1.165, 1.54) is 28.0 Å². The first-order chi connectivity index (χ1) is 17.9. The molecule has 10 heteroatoms. The van der Waals surface area contributed by atoms with Crippen molar-refractivity contribution in [1.29, 1.82) is 0 Å². The van der Waals surface area contributed by atoms with Gasteiger partial charge < -0.3 is 19.4 Å². The number of benzene rings is 1. The largest absolute Gasteiger partial charge is 0.486 e. The van der Waals surface area contributed by atoms with Crippen LogP contribution in [0, 0.1) is 13.8 Å². The van der Waals surface area contributed by atoms with Crippen LogP contribution in [-0.4, -0.2) is 39.0 Å². The quantitative estimate of drug-likeness (QED) is 0.199. The molecule has 0 radical (unpaired) electrons. The standard InChI is InChI=1S/C27H34N4O4S2/c1-5-31-22(15-35-19-13-17(3)12-18(4)14-19)29-30-27(31)36-16-23(32)28-25-24(26(33)34-6-2)20-10-8-7-9-11-21(20)37-25/h12-14H,5-11,15-16H2,1-4H3,(H,28,32). The highest BCUT2D eigenvalue weighted by atomic mass is 32.2. The molecule has 1 N–H and O–H groups in total. The maximum atomic E-state index is 12.9. The van der Waals surface area contributed by atoms with Crippen LogP contribution < -0.4 is 10.1 Å². The number of esters is 1. The summed E-state index contributed by atoms with van der Waals surface area (Å²) in [6.07, 6.45) is 5.07. The molecule has 1 amide bonds. The van der Waals surface area contributed by atoms with Crippen LogP contribution in [0.15, 0.2) is 23.4 Å². The molecule has 0 unspecified atom stereocenters. The molecule has 0 saturated carbocycles. The Labute approximate surface area is 226 Å². The molecule has 2 heterocycles. The van der Waals surface area contributed by atoms with Crippen LogP contribution in [0.5, 0.6) is 5.75 Å². The number of aromatic nitrogens is 3. The molecule has 0 aliphatic heterocycles. The number of nitrogens with one attached hydrogen (secondary N) is 1. The van der Waals surface area contributed by atoms with Crippen molar-refractivity contribution in [3.63, 3.8) is 0 Å². The van der Waals surface area contributed by atoms with Crippen LogP contribution in [0.3, 0.4) is 0 Å². The number of carbonyl (C=O) groups is 2. The summed E-state index contributed by atoms with van der Waals surface area (Å²) < 4.78 is 13.2. The Morgan fingerprint density at radius 1 is 1.08 bits per heavy atom. The number of fused-ring (bicyclic) bond motifs is 1. The molecule has 0 spiro atoms. The zero-order chi connectivity index (χ0) is 26.4. The van der Waals surface area contributed by atoms with E-state index in [1.807, 2.05) is 37.5 Å². The average molecular weight is 543 g/mol. The smallest absolute Gasteiger partial charge is 0.341 e. The fraction of sp³-hybridized carbons (Fsp3) is 0.481. The molecule has 37 heavy (non-hydrogen) atoms. The Morgan fingerprint density at radius 3 is 2.57 bits per heavy atom. The molecule has 0 bridgehead atoms. The van der Waals surface area contributed by atoms with Crippen LogP contribution in [0.25, 0.3) is 0 Å². The van der Waals surface area contributed by atoms with Gasteiger partial charge in [0.15, 0.2) is 11.0 Å². The first-order valence-corrected chi connectivity index (χ1v) is 14.6. The molecule has 198 valence electrons. The van der Waals surface area contributed by atoms with Gasteiger partial charge >= 0.3 is 5.97 Å². The van der Waals surface area contributed by atoms with Crippen LogP contribution in [0.4, 0.5) is 5.00 Å². The minimum Gasteiger partial charge on any atom is -0.486 e. The van der Waals surface area contributed by atoms with E-state index in [0.29, 0.717) is 41.3 Å². The van der Waals surface area contributed by atoms with Gasteiger partial charge in [0.05, 0.1) is 17.9 Å². The van der Waals surface area contributed by atoms with Crippen molar-refractivity contribution in [2.75, 3.05) is 17.7 Å². The van der Waals surface area contributed by atoms with Crippen molar-refractivity contribution in [3.8, 4) is 5.75 Å². The summed E-state index contributed by atoms with van der Waals surface area (Å²) in [5.41, 5.74) is 3.86. The number of carbonyl (C=O) groups excluding carboxylic acids is 2. The van der Waals surface area contributed by atoms with E-state index in [2.05, 4.69) is 21.6 Å². The Balaban J connectivity index is 1.41. The highest BCUT2D eigenvalue weighted by Gasteiger charge is 2.26. The topological polar surface area (TPSA) is 95.3 Å². The maximum absolute atomic E-state index is 12.9. The van der Waals surface area contributed by atoms with Crippen LogP contribution >= 0.6 is 23.1 Å². The molecule has 0 atom stereocenters. The Kier molecular flexibility index (Phi) is 9.26. The summed E-state index contributed by atoms with van der Waals surface area (Å²) in [6.45, 7) is 9.14. The summed E-state index contributed by atoms with van der Waals surface area (Å²) in [4.78, 5) is 26.9. The predicted molar refractivity (Wildman–Crippen MR) is 147 cm³/mol. The lowest BCUT2D eigenvalue weighted by atomic mass is 10.1. The summed E-state index contributed by atoms with van der Waals surface area (Å²) in [7, 11) is 0. The number of thioether (sulfide) groups is 1. The second-order valence-corrected chi connectivity index (χ2v) is 11.1. The summed E-state index contributed by atoms with van der Waals surface area (Å²) in [5, 5.41) is 12.8. The fourth-order valence-electron chi connectivity index (χ4n) is 4.56. The third kappa shape index (κ3) is 6.73. The van der Waals surface area contributed by atoms with Gasteiger partial charge in [-0.1, -0.05) is 24.2 Å². The van der Waals surface area contributed by atoms with Crippen molar-refractivity contribution in [2.24, 2.45) is 0 Å². The molecule has 0 fully saturated rings. The molecule has 2 aromatic heterocycles. The molecule has 8 nitrogen and oxygen atoms in total. The number of anilines is 1. The molecule has 1 aliphatic rings. The van der Waals surface area contributed by atoms with Crippen molar-refractivity contribution in [3.05, 3.63) is 51.2 Å². The number of amides is 1. The van der Waals surface area contributed by atoms with E-state index in [-0.39, 0.29) is 17.6 Å². The highest BCUT2D eigenvalue weighted by molar-refractivity contribution is 7.99. The Morgan fingerprint density at radius 2 is 1.84 bits per heavy atom. The molecule has 4 rings (SSSR count). The first kappa shape index (κ1) is 27.2. The van der Waals surface area contributed by atoms with Gasteiger partial charge in [-0.15, -0.1) is 21.5 Å². The SMILES string of the molecule is CCOC(=O)c1c(NC(=O)CSc2nnc(COc3cc(C)cc(C)c3)n2CC)sc2c1CCCCC2. The predicted octanol–water partition coefficient (Wildman–Crippen LogP) is 5.73. The summed E-state index contributed by atoms with van der Waals surface area (Å²) in [6, 6.07) is 6.09. The second-order valence-electron chi connectivity index (χ2n) is 9.08.